The van der Waals surface area contributed by atoms with Gasteiger partial charge in [0.05, 0.1) is 12.8 Å². The zero-order valence-electron chi connectivity index (χ0n) is 12.7. The van der Waals surface area contributed by atoms with Gasteiger partial charge in [0, 0.05) is 49.0 Å². The highest BCUT2D eigenvalue weighted by molar-refractivity contribution is 5.41. The molecule has 1 aliphatic rings. The summed E-state index contributed by atoms with van der Waals surface area (Å²) >= 11 is 0. The van der Waals surface area contributed by atoms with E-state index >= 15 is 0 Å². The first-order valence-corrected chi connectivity index (χ1v) is 6.99. The summed E-state index contributed by atoms with van der Waals surface area (Å²) in [6, 6.07) is 1.09. The molecule has 0 amide bonds. The highest BCUT2D eigenvalue weighted by Crippen LogP contribution is 2.25. The molecule has 1 aliphatic heterocycles. The minimum atomic E-state index is 0.545. The van der Waals surface area contributed by atoms with Gasteiger partial charge in [-0.3, -0.25) is 9.88 Å². The van der Waals surface area contributed by atoms with Crippen molar-refractivity contribution in [2.24, 2.45) is 0 Å². The number of hydrogen-bond donors (Lipinski definition) is 1. The molecule has 0 aliphatic carbocycles. The van der Waals surface area contributed by atoms with E-state index in [1.54, 1.807) is 7.11 Å². The first-order valence-electron chi connectivity index (χ1n) is 6.99. The molecule has 0 spiro atoms. The molecule has 2 atom stereocenters. The molecular weight excluding hydrogens is 238 g/mol. The summed E-state index contributed by atoms with van der Waals surface area (Å²) in [6.07, 6.45) is 1.91. The summed E-state index contributed by atoms with van der Waals surface area (Å²) in [6.45, 7) is 11.6. The minimum absolute atomic E-state index is 0.545. The lowest BCUT2D eigenvalue weighted by molar-refractivity contribution is 0.137. The highest BCUT2D eigenvalue weighted by Gasteiger charge is 2.23. The number of hydrogen-bond acceptors (Lipinski definition) is 4. The molecule has 0 radical (unpaired) electrons. The van der Waals surface area contributed by atoms with Crippen LogP contribution in [0.2, 0.25) is 0 Å². The number of nitrogens with zero attached hydrogens (tertiary/aromatic N) is 2. The lowest BCUT2D eigenvalue weighted by atomic mass is 10.1. The Morgan fingerprint density at radius 1 is 1.42 bits per heavy atom. The standard InChI is InChI=1S/C15H25N3O/c1-10-6-17-14(13(4)15(10)19-5)9-18-8-11(2)16-7-12(18)3/h6,11-12,16H,7-9H2,1-5H3. The molecule has 2 rings (SSSR count). The van der Waals surface area contributed by atoms with E-state index in [0.717, 1.165) is 36.6 Å². The molecule has 0 aromatic carbocycles. The summed E-state index contributed by atoms with van der Waals surface area (Å²) < 4.78 is 5.48. The van der Waals surface area contributed by atoms with E-state index < -0.39 is 0 Å². The molecule has 19 heavy (non-hydrogen) atoms. The number of aryl methyl sites for hydroxylation is 1. The van der Waals surface area contributed by atoms with E-state index in [9.17, 15) is 0 Å². The molecule has 1 aromatic rings. The fraction of sp³-hybridized carbons (Fsp3) is 0.667. The van der Waals surface area contributed by atoms with Crippen molar-refractivity contribution in [2.45, 2.75) is 46.3 Å². The van der Waals surface area contributed by atoms with Crippen molar-refractivity contribution in [3.63, 3.8) is 0 Å². The van der Waals surface area contributed by atoms with Crippen molar-refractivity contribution in [1.82, 2.24) is 15.2 Å². The van der Waals surface area contributed by atoms with Gasteiger partial charge >= 0.3 is 0 Å². The molecule has 1 aromatic heterocycles. The molecule has 2 unspecified atom stereocenters. The van der Waals surface area contributed by atoms with Gasteiger partial charge in [-0.1, -0.05) is 0 Å². The number of nitrogens with one attached hydrogen (secondary N) is 1. The quantitative estimate of drug-likeness (QED) is 0.903. The number of piperazine rings is 1. The molecular formula is C15H25N3O. The second-order valence-electron chi connectivity index (χ2n) is 5.63. The van der Waals surface area contributed by atoms with Gasteiger partial charge in [-0.25, -0.2) is 0 Å². The maximum absolute atomic E-state index is 5.48. The Hall–Kier alpha value is -1.13. The van der Waals surface area contributed by atoms with Crippen LogP contribution in [-0.2, 0) is 6.54 Å². The number of rotatable bonds is 3. The Morgan fingerprint density at radius 3 is 2.84 bits per heavy atom. The fourth-order valence-corrected chi connectivity index (χ4v) is 2.74. The number of methoxy groups -OCH3 is 1. The lowest BCUT2D eigenvalue weighted by Gasteiger charge is -2.37. The molecule has 0 bridgehead atoms. The van der Waals surface area contributed by atoms with Gasteiger partial charge in [-0.05, 0) is 27.7 Å². The van der Waals surface area contributed by atoms with Crippen molar-refractivity contribution < 1.29 is 4.74 Å². The van der Waals surface area contributed by atoms with Gasteiger partial charge < -0.3 is 10.1 Å². The van der Waals surface area contributed by atoms with E-state index in [1.165, 1.54) is 5.56 Å². The molecule has 106 valence electrons. The second kappa shape index (κ2) is 5.88. The zero-order chi connectivity index (χ0) is 14.0. The maximum atomic E-state index is 5.48. The molecule has 4 heteroatoms. The topological polar surface area (TPSA) is 37.4 Å². The van der Waals surface area contributed by atoms with Crippen molar-refractivity contribution in [1.29, 1.82) is 0 Å². The van der Waals surface area contributed by atoms with Crippen molar-refractivity contribution >= 4 is 0 Å². The molecule has 1 N–H and O–H groups in total. The monoisotopic (exact) mass is 263 g/mol. The lowest BCUT2D eigenvalue weighted by Crippen LogP contribution is -2.53. The predicted octanol–water partition coefficient (Wildman–Crippen LogP) is 1.89. The van der Waals surface area contributed by atoms with E-state index in [2.05, 4.69) is 36.0 Å². The van der Waals surface area contributed by atoms with Crippen molar-refractivity contribution in [3.05, 3.63) is 23.0 Å². The first-order chi connectivity index (χ1) is 9.02. The van der Waals surface area contributed by atoms with Crippen molar-refractivity contribution in [2.75, 3.05) is 20.2 Å². The second-order valence-corrected chi connectivity index (χ2v) is 5.63. The summed E-state index contributed by atoms with van der Waals surface area (Å²) in [5, 5.41) is 3.51. The SMILES string of the molecule is COc1c(C)cnc(CN2CC(C)NCC2C)c1C. The summed E-state index contributed by atoms with van der Waals surface area (Å²) in [7, 11) is 1.73. The maximum Gasteiger partial charge on any atom is 0.128 e. The molecule has 4 nitrogen and oxygen atoms in total. The van der Waals surface area contributed by atoms with E-state index in [1.807, 2.05) is 13.1 Å². The number of ether oxygens (including phenoxy) is 1. The Morgan fingerprint density at radius 2 is 2.16 bits per heavy atom. The van der Waals surface area contributed by atoms with E-state index in [0.29, 0.717) is 12.1 Å². The van der Waals surface area contributed by atoms with Crippen LogP contribution in [0.25, 0.3) is 0 Å². The van der Waals surface area contributed by atoms with Crippen LogP contribution in [-0.4, -0.2) is 42.2 Å². The fourth-order valence-electron chi connectivity index (χ4n) is 2.74. The third-order valence-electron chi connectivity index (χ3n) is 4.00. The Labute approximate surface area is 116 Å². The zero-order valence-corrected chi connectivity index (χ0v) is 12.7. The van der Waals surface area contributed by atoms with Crippen LogP contribution in [0, 0.1) is 13.8 Å². The first kappa shape index (κ1) is 14.3. The number of pyridine rings is 1. The van der Waals surface area contributed by atoms with Crippen LogP contribution in [0.15, 0.2) is 6.20 Å². The van der Waals surface area contributed by atoms with Crippen LogP contribution in [0.5, 0.6) is 5.75 Å². The summed E-state index contributed by atoms with van der Waals surface area (Å²) in [5.74, 6) is 0.973. The Kier molecular flexibility index (Phi) is 4.42. The average molecular weight is 263 g/mol. The van der Waals surface area contributed by atoms with Crippen LogP contribution in [0.1, 0.15) is 30.7 Å². The van der Waals surface area contributed by atoms with Gasteiger partial charge in [0.15, 0.2) is 0 Å². The third kappa shape index (κ3) is 3.07. The van der Waals surface area contributed by atoms with Crippen LogP contribution in [0.3, 0.4) is 0 Å². The Balaban J connectivity index is 2.19. The van der Waals surface area contributed by atoms with Gasteiger partial charge in [-0.15, -0.1) is 0 Å². The molecule has 2 heterocycles. The predicted molar refractivity (Wildman–Crippen MR) is 77.6 cm³/mol. The summed E-state index contributed by atoms with van der Waals surface area (Å²) in [5.41, 5.74) is 3.40. The molecule has 0 saturated carbocycles. The minimum Gasteiger partial charge on any atom is -0.496 e. The van der Waals surface area contributed by atoms with Crippen LogP contribution < -0.4 is 10.1 Å². The van der Waals surface area contributed by atoms with Crippen LogP contribution in [0.4, 0.5) is 0 Å². The van der Waals surface area contributed by atoms with Gasteiger partial charge in [-0.2, -0.15) is 0 Å². The third-order valence-corrected chi connectivity index (χ3v) is 4.00. The normalized spacial score (nSPS) is 24.5. The van der Waals surface area contributed by atoms with E-state index in [-0.39, 0.29) is 0 Å². The van der Waals surface area contributed by atoms with Gasteiger partial charge in [0.25, 0.3) is 0 Å². The van der Waals surface area contributed by atoms with Gasteiger partial charge in [0.2, 0.25) is 0 Å². The van der Waals surface area contributed by atoms with Crippen LogP contribution >= 0.6 is 0 Å². The molecule has 1 fully saturated rings. The largest absolute Gasteiger partial charge is 0.496 e. The smallest absolute Gasteiger partial charge is 0.128 e. The summed E-state index contributed by atoms with van der Waals surface area (Å²) in [4.78, 5) is 7.09. The number of aromatic nitrogens is 1. The average Bonchev–Trinajstić information content (AvgIpc) is 2.38. The van der Waals surface area contributed by atoms with Crippen molar-refractivity contribution in [3.8, 4) is 5.75 Å². The van der Waals surface area contributed by atoms with E-state index in [4.69, 9.17) is 4.74 Å². The Bertz CT molecular complexity index is 447. The molecule has 1 saturated heterocycles. The highest BCUT2D eigenvalue weighted by atomic mass is 16.5. The van der Waals surface area contributed by atoms with Gasteiger partial charge in [0.1, 0.15) is 5.75 Å².